The molecule has 0 radical (unpaired) electrons. The smallest absolute Gasteiger partial charge is 0.309 e. The van der Waals surface area contributed by atoms with E-state index in [1.807, 2.05) is 6.92 Å². The summed E-state index contributed by atoms with van der Waals surface area (Å²) in [6.45, 7) is 4.51. The second kappa shape index (κ2) is 3.74. The van der Waals surface area contributed by atoms with Crippen LogP contribution in [0.1, 0.15) is 33.1 Å². The summed E-state index contributed by atoms with van der Waals surface area (Å²) < 4.78 is 4.94. The molecular weight excluding hydrogens is 140 g/mol. The molecule has 2 atom stereocenters. The van der Waals surface area contributed by atoms with E-state index in [-0.39, 0.29) is 11.9 Å². The topological polar surface area (TPSA) is 26.3 Å². The number of ether oxygens (including phenoxy) is 1. The first-order valence-electron chi connectivity index (χ1n) is 4.46. The molecule has 1 fully saturated rings. The van der Waals surface area contributed by atoms with E-state index in [9.17, 15) is 4.79 Å². The van der Waals surface area contributed by atoms with E-state index in [4.69, 9.17) is 4.74 Å². The van der Waals surface area contributed by atoms with Crippen LogP contribution < -0.4 is 0 Å². The predicted octanol–water partition coefficient (Wildman–Crippen LogP) is 1.99. The van der Waals surface area contributed by atoms with Crippen molar-refractivity contribution in [2.24, 2.45) is 11.8 Å². The summed E-state index contributed by atoms with van der Waals surface area (Å²) in [6, 6.07) is 0. The highest BCUT2D eigenvalue weighted by atomic mass is 16.5. The highest BCUT2D eigenvalue weighted by Crippen LogP contribution is 2.37. The Hall–Kier alpha value is -0.530. The molecule has 0 spiro atoms. The van der Waals surface area contributed by atoms with Crippen LogP contribution in [0.3, 0.4) is 0 Å². The second-order valence-corrected chi connectivity index (χ2v) is 3.10. The van der Waals surface area contributed by atoms with E-state index in [2.05, 4.69) is 6.92 Å². The summed E-state index contributed by atoms with van der Waals surface area (Å²) in [4.78, 5) is 11.2. The van der Waals surface area contributed by atoms with E-state index in [0.29, 0.717) is 12.5 Å². The Kier molecular flexibility index (Phi) is 2.92. The Labute approximate surface area is 67.9 Å². The molecule has 0 aromatic rings. The van der Waals surface area contributed by atoms with E-state index >= 15 is 0 Å². The summed E-state index contributed by atoms with van der Waals surface area (Å²) in [5.74, 6) is 0.847. The number of esters is 1. The van der Waals surface area contributed by atoms with E-state index in [1.54, 1.807) is 0 Å². The lowest BCUT2D eigenvalue weighted by Gasteiger charge is -2.33. The molecule has 64 valence electrons. The van der Waals surface area contributed by atoms with Crippen molar-refractivity contribution >= 4 is 5.97 Å². The second-order valence-electron chi connectivity index (χ2n) is 3.10. The van der Waals surface area contributed by atoms with Gasteiger partial charge in [-0.2, -0.15) is 0 Å². The molecule has 1 aliphatic carbocycles. The zero-order valence-electron chi connectivity index (χ0n) is 7.30. The largest absolute Gasteiger partial charge is 0.466 e. The first kappa shape index (κ1) is 8.57. The molecule has 0 N–H and O–H groups in total. The lowest BCUT2D eigenvalue weighted by molar-refractivity contribution is -0.154. The molecule has 2 nitrogen and oxygen atoms in total. The van der Waals surface area contributed by atoms with Crippen LogP contribution in [0.15, 0.2) is 0 Å². The SMILES string of the molecule is CCOC(=O)C1CCC1CC. The molecule has 0 aromatic heterocycles. The molecule has 0 aliphatic heterocycles. The van der Waals surface area contributed by atoms with Crippen molar-refractivity contribution in [1.29, 1.82) is 0 Å². The molecular formula is C9H16O2. The Morgan fingerprint density at radius 1 is 1.45 bits per heavy atom. The maximum absolute atomic E-state index is 11.2. The maximum Gasteiger partial charge on any atom is 0.309 e. The number of hydrogen-bond acceptors (Lipinski definition) is 2. The van der Waals surface area contributed by atoms with E-state index in [1.165, 1.54) is 6.42 Å². The Bertz CT molecular complexity index is 140. The average molecular weight is 156 g/mol. The third-order valence-corrected chi connectivity index (χ3v) is 2.53. The molecule has 0 heterocycles. The number of hydrogen-bond donors (Lipinski definition) is 0. The highest BCUT2D eigenvalue weighted by Gasteiger charge is 2.35. The van der Waals surface area contributed by atoms with Crippen LogP contribution in [0.2, 0.25) is 0 Å². The number of rotatable bonds is 3. The van der Waals surface area contributed by atoms with Crippen molar-refractivity contribution < 1.29 is 9.53 Å². The fourth-order valence-electron chi connectivity index (χ4n) is 1.62. The van der Waals surface area contributed by atoms with E-state index in [0.717, 1.165) is 12.8 Å². The van der Waals surface area contributed by atoms with Gasteiger partial charge in [0, 0.05) is 0 Å². The van der Waals surface area contributed by atoms with Crippen LogP contribution in [0.4, 0.5) is 0 Å². The molecule has 0 bridgehead atoms. The van der Waals surface area contributed by atoms with Gasteiger partial charge in [0.1, 0.15) is 0 Å². The summed E-state index contributed by atoms with van der Waals surface area (Å²) in [7, 11) is 0. The Morgan fingerprint density at radius 3 is 2.55 bits per heavy atom. The number of carbonyl (C=O) groups is 1. The quantitative estimate of drug-likeness (QED) is 0.584. The van der Waals surface area contributed by atoms with Gasteiger partial charge < -0.3 is 4.74 Å². The molecule has 1 rings (SSSR count). The zero-order valence-corrected chi connectivity index (χ0v) is 7.30. The van der Waals surface area contributed by atoms with Crippen LogP contribution in [-0.4, -0.2) is 12.6 Å². The van der Waals surface area contributed by atoms with Crippen molar-refractivity contribution in [3.05, 3.63) is 0 Å². The third kappa shape index (κ3) is 1.73. The Balaban J connectivity index is 2.30. The fraction of sp³-hybridized carbons (Fsp3) is 0.889. The van der Waals surface area contributed by atoms with Gasteiger partial charge in [0.15, 0.2) is 0 Å². The van der Waals surface area contributed by atoms with Crippen molar-refractivity contribution in [1.82, 2.24) is 0 Å². The van der Waals surface area contributed by atoms with Gasteiger partial charge in [-0.15, -0.1) is 0 Å². The van der Waals surface area contributed by atoms with Crippen LogP contribution in [-0.2, 0) is 9.53 Å². The van der Waals surface area contributed by atoms with Crippen LogP contribution in [0.25, 0.3) is 0 Å². The summed E-state index contributed by atoms with van der Waals surface area (Å²) in [6.07, 6.45) is 3.36. The minimum atomic E-state index is 0.0191. The lowest BCUT2D eigenvalue weighted by atomic mass is 9.72. The lowest BCUT2D eigenvalue weighted by Crippen LogP contribution is -2.33. The normalized spacial score (nSPS) is 29.3. The van der Waals surface area contributed by atoms with Crippen molar-refractivity contribution in [3.63, 3.8) is 0 Å². The molecule has 0 amide bonds. The predicted molar refractivity (Wildman–Crippen MR) is 43.1 cm³/mol. The van der Waals surface area contributed by atoms with Crippen LogP contribution in [0, 0.1) is 11.8 Å². The van der Waals surface area contributed by atoms with Gasteiger partial charge in [-0.25, -0.2) is 0 Å². The fourth-order valence-corrected chi connectivity index (χ4v) is 1.62. The standard InChI is InChI=1S/C9H16O2/c1-3-7-5-6-8(7)9(10)11-4-2/h7-8H,3-6H2,1-2H3. The van der Waals surface area contributed by atoms with Gasteiger partial charge in [0.05, 0.1) is 12.5 Å². The van der Waals surface area contributed by atoms with E-state index < -0.39 is 0 Å². The van der Waals surface area contributed by atoms with Gasteiger partial charge in [-0.1, -0.05) is 13.3 Å². The molecule has 2 unspecified atom stereocenters. The number of carbonyl (C=O) groups excluding carboxylic acids is 1. The first-order valence-corrected chi connectivity index (χ1v) is 4.46. The summed E-state index contributed by atoms with van der Waals surface area (Å²) in [5, 5.41) is 0. The molecule has 11 heavy (non-hydrogen) atoms. The van der Waals surface area contributed by atoms with Crippen LogP contribution in [0.5, 0.6) is 0 Å². The van der Waals surface area contributed by atoms with Gasteiger partial charge >= 0.3 is 5.97 Å². The Morgan fingerprint density at radius 2 is 2.18 bits per heavy atom. The molecule has 2 heteroatoms. The minimum Gasteiger partial charge on any atom is -0.466 e. The van der Waals surface area contributed by atoms with Gasteiger partial charge in [0.2, 0.25) is 0 Å². The first-order chi connectivity index (χ1) is 5.29. The van der Waals surface area contributed by atoms with Gasteiger partial charge in [0.25, 0.3) is 0 Å². The summed E-state index contributed by atoms with van der Waals surface area (Å²) >= 11 is 0. The molecule has 1 aliphatic rings. The third-order valence-electron chi connectivity index (χ3n) is 2.53. The molecule has 0 aromatic carbocycles. The molecule has 1 saturated carbocycles. The van der Waals surface area contributed by atoms with Crippen molar-refractivity contribution in [2.75, 3.05) is 6.61 Å². The monoisotopic (exact) mass is 156 g/mol. The maximum atomic E-state index is 11.2. The van der Waals surface area contributed by atoms with Crippen LogP contribution >= 0.6 is 0 Å². The van der Waals surface area contributed by atoms with Gasteiger partial charge in [-0.05, 0) is 25.7 Å². The average Bonchev–Trinajstić information content (AvgIpc) is 1.86. The van der Waals surface area contributed by atoms with Gasteiger partial charge in [-0.3, -0.25) is 4.79 Å². The minimum absolute atomic E-state index is 0.0191. The molecule has 0 saturated heterocycles. The zero-order chi connectivity index (χ0) is 8.27. The van der Waals surface area contributed by atoms with Crippen molar-refractivity contribution in [2.45, 2.75) is 33.1 Å². The van der Waals surface area contributed by atoms with Crippen molar-refractivity contribution in [3.8, 4) is 0 Å². The highest BCUT2D eigenvalue weighted by molar-refractivity contribution is 5.73. The summed E-state index contributed by atoms with van der Waals surface area (Å²) in [5.41, 5.74) is 0.